The summed E-state index contributed by atoms with van der Waals surface area (Å²) in [6.45, 7) is 2.47. The number of aryl methyl sites for hydroxylation is 1. The molecule has 2 aromatic carbocycles. The van der Waals surface area contributed by atoms with Gasteiger partial charge in [-0.1, -0.05) is 31.2 Å². The minimum Gasteiger partial charge on any atom is -0.349 e. The highest BCUT2D eigenvalue weighted by Crippen LogP contribution is 2.26. The van der Waals surface area contributed by atoms with Gasteiger partial charge in [0, 0.05) is 38.4 Å². The normalized spacial score (nSPS) is 16.0. The number of carbonyl (C=O) groups is 3. The average Bonchev–Trinajstić information content (AvgIpc) is 3.11. The Bertz CT molecular complexity index is 889. The minimum atomic E-state index is -0.386. The summed E-state index contributed by atoms with van der Waals surface area (Å²) in [5, 5.41) is 2.88. The Morgan fingerprint density at radius 1 is 1.03 bits per heavy atom. The molecule has 1 saturated heterocycles. The van der Waals surface area contributed by atoms with Gasteiger partial charge in [-0.15, -0.1) is 0 Å². The van der Waals surface area contributed by atoms with Crippen LogP contribution in [0.1, 0.15) is 24.5 Å². The molecule has 0 aromatic heterocycles. The second-order valence-corrected chi connectivity index (χ2v) is 7.58. The Morgan fingerprint density at radius 2 is 1.66 bits per heavy atom. The number of benzene rings is 2. The summed E-state index contributed by atoms with van der Waals surface area (Å²) in [4.78, 5) is 40.1. The van der Waals surface area contributed by atoms with Crippen LogP contribution in [0.2, 0.25) is 0 Å². The van der Waals surface area contributed by atoms with Crippen molar-refractivity contribution >= 4 is 29.1 Å². The fraction of sp³-hybridized carbons (Fsp3) is 0.348. The summed E-state index contributed by atoms with van der Waals surface area (Å²) < 4.78 is 0. The third-order valence-electron chi connectivity index (χ3n) is 5.23. The van der Waals surface area contributed by atoms with Gasteiger partial charge in [0.05, 0.1) is 12.3 Å². The summed E-state index contributed by atoms with van der Waals surface area (Å²) in [6.07, 6.45) is 1.47. The number of hydrogen-bond donors (Lipinski definition) is 1. The molecule has 0 bridgehead atoms. The second-order valence-electron chi connectivity index (χ2n) is 7.58. The predicted octanol–water partition coefficient (Wildman–Crippen LogP) is 2.87. The Balaban J connectivity index is 1.59. The maximum absolute atomic E-state index is 12.6. The quantitative estimate of drug-likeness (QED) is 0.820. The maximum atomic E-state index is 12.6. The van der Waals surface area contributed by atoms with Gasteiger partial charge in [0.1, 0.15) is 0 Å². The zero-order chi connectivity index (χ0) is 21.0. The Labute approximate surface area is 171 Å². The predicted molar refractivity (Wildman–Crippen MR) is 114 cm³/mol. The molecule has 0 aliphatic carbocycles. The molecular formula is C23H27N3O3. The van der Waals surface area contributed by atoms with Crippen LogP contribution in [-0.2, 0) is 27.2 Å². The number of rotatable bonds is 6. The molecule has 152 valence electrons. The molecule has 0 spiro atoms. The third-order valence-corrected chi connectivity index (χ3v) is 5.23. The molecule has 0 radical (unpaired) electrons. The number of carbonyl (C=O) groups excluding carboxylic acids is 3. The van der Waals surface area contributed by atoms with Gasteiger partial charge in [-0.2, -0.15) is 0 Å². The highest BCUT2D eigenvalue weighted by Gasteiger charge is 2.35. The number of nitrogens with zero attached hydrogens (tertiary/aromatic N) is 2. The Hall–Kier alpha value is -3.15. The highest BCUT2D eigenvalue weighted by molar-refractivity contribution is 6.03. The first kappa shape index (κ1) is 20.6. The van der Waals surface area contributed by atoms with Gasteiger partial charge in [-0.05, 0) is 41.8 Å². The van der Waals surface area contributed by atoms with Crippen molar-refractivity contribution in [1.82, 2.24) is 4.90 Å². The lowest BCUT2D eigenvalue weighted by Crippen LogP contribution is -2.28. The molecule has 1 fully saturated rings. The van der Waals surface area contributed by atoms with Crippen molar-refractivity contribution in [3.63, 3.8) is 0 Å². The average molecular weight is 393 g/mol. The summed E-state index contributed by atoms with van der Waals surface area (Å²) >= 11 is 0. The van der Waals surface area contributed by atoms with E-state index >= 15 is 0 Å². The van der Waals surface area contributed by atoms with Gasteiger partial charge in [-0.3, -0.25) is 14.4 Å². The molecule has 6 heteroatoms. The topological polar surface area (TPSA) is 69.7 Å². The van der Waals surface area contributed by atoms with Crippen molar-refractivity contribution in [2.75, 3.05) is 30.9 Å². The number of nitrogens with one attached hydrogen (secondary N) is 1. The molecule has 3 amide bonds. The van der Waals surface area contributed by atoms with Crippen LogP contribution >= 0.6 is 0 Å². The molecule has 6 nitrogen and oxygen atoms in total. The van der Waals surface area contributed by atoms with Gasteiger partial charge in [-0.25, -0.2) is 0 Å². The summed E-state index contributed by atoms with van der Waals surface area (Å²) in [6, 6.07) is 15.1. The van der Waals surface area contributed by atoms with E-state index < -0.39 is 0 Å². The SMILES string of the molecule is CCc1ccc(N2CC(C(=O)Nc3ccc(CC(=O)N(C)C)cc3)CC2=O)cc1. The van der Waals surface area contributed by atoms with E-state index in [1.807, 2.05) is 36.4 Å². The minimum absolute atomic E-state index is 0.0262. The standard InChI is InChI=1S/C23H27N3O3/c1-4-16-7-11-20(12-8-16)26-15-18(14-22(26)28)23(29)24-19-9-5-17(6-10-19)13-21(27)25(2)3/h5-12,18H,4,13-15H2,1-3H3,(H,24,29). The van der Waals surface area contributed by atoms with Crippen molar-refractivity contribution in [1.29, 1.82) is 0 Å². The fourth-order valence-corrected chi connectivity index (χ4v) is 3.33. The second kappa shape index (κ2) is 8.90. The van der Waals surface area contributed by atoms with E-state index in [1.165, 1.54) is 5.56 Å². The first-order valence-electron chi connectivity index (χ1n) is 9.86. The fourth-order valence-electron chi connectivity index (χ4n) is 3.33. The van der Waals surface area contributed by atoms with E-state index in [-0.39, 0.29) is 30.1 Å². The van der Waals surface area contributed by atoms with E-state index in [9.17, 15) is 14.4 Å². The molecule has 2 aromatic rings. The molecule has 0 saturated carbocycles. The monoisotopic (exact) mass is 393 g/mol. The van der Waals surface area contributed by atoms with Crippen LogP contribution in [0.15, 0.2) is 48.5 Å². The number of amides is 3. The molecule has 1 aliphatic heterocycles. The zero-order valence-electron chi connectivity index (χ0n) is 17.1. The summed E-state index contributed by atoms with van der Waals surface area (Å²) in [7, 11) is 3.45. The number of likely N-dealkylation sites (N-methyl/N-ethyl adjacent to an activating group) is 1. The van der Waals surface area contributed by atoms with E-state index in [0.717, 1.165) is 17.7 Å². The van der Waals surface area contributed by atoms with Crippen molar-refractivity contribution in [3.05, 3.63) is 59.7 Å². The van der Waals surface area contributed by atoms with Crippen LogP contribution in [-0.4, -0.2) is 43.3 Å². The van der Waals surface area contributed by atoms with Gasteiger partial charge < -0.3 is 15.1 Å². The maximum Gasteiger partial charge on any atom is 0.229 e. The van der Waals surface area contributed by atoms with E-state index in [2.05, 4.69) is 12.2 Å². The van der Waals surface area contributed by atoms with Crippen molar-refractivity contribution in [2.24, 2.45) is 5.92 Å². The third kappa shape index (κ3) is 5.02. The molecule has 1 unspecified atom stereocenters. The molecule has 3 rings (SSSR count). The van der Waals surface area contributed by atoms with Crippen LogP contribution in [0.5, 0.6) is 0 Å². The molecule has 1 heterocycles. The van der Waals surface area contributed by atoms with Gasteiger partial charge >= 0.3 is 0 Å². The van der Waals surface area contributed by atoms with Crippen molar-refractivity contribution < 1.29 is 14.4 Å². The molecular weight excluding hydrogens is 366 g/mol. The first-order chi connectivity index (χ1) is 13.9. The molecule has 1 N–H and O–H groups in total. The van der Waals surface area contributed by atoms with Crippen LogP contribution in [0.25, 0.3) is 0 Å². The lowest BCUT2D eigenvalue weighted by atomic mass is 10.1. The summed E-state index contributed by atoms with van der Waals surface area (Å²) in [5.41, 5.74) is 3.59. The van der Waals surface area contributed by atoms with Crippen LogP contribution < -0.4 is 10.2 Å². The van der Waals surface area contributed by atoms with Gasteiger partial charge in [0.15, 0.2) is 0 Å². The lowest BCUT2D eigenvalue weighted by molar-refractivity contribution is -0.128. The Kier molecular flexibility index (Phi) is 6.32. The van der Waals surface area contributed by atoms with E-state index in [4.69, 9.17) is 0 Å². The Morgan fingerprint density at radius 3 is 2.24 bits per heavy atom. The smallest absolute Gasteiger partial charge is 0.229 e. The van der Waals surface area contributed by atoms with Gasteiger partial charge in [0.2, 0.25) is 17.7 Å². The largest absolute Gasteiger partial charge is 0.349 e. The van der Waals surface area contributed by atoms with Crippen LogP contribution in [0, 0.1) is 5.92 Å². The number of anilines is 2. The molecule has 1 atom stereocenters. The first-order valence-corrected chi connectivity index (χ1v) is 9.86. The van der Waals surface area contributed by atoms with E-state index in [0.29, 0.717) is 18.7 Å². The number of hydrogen-bond acceptors (Lipinski definition) is 3. The lowest BCUT2D eigenvalue weighted by Gasteiger charge is -2.17. The van der Waals surface area contributed by atoms with Gasteiger partial charge in [0.25, 0.3) is 0 Å². The van der Waals surface area contributed by atoms with E-state index in [1.54, 1.807) is 36.0 Å². The highest BCUT2D eigenvalue weighted by atomic mass is 16.2. The molecule has 1 aliphatic rings. The van der Waals surface area contributed by atoms with Crippen molar-refractivity contribution in [3.8, 4) is 0 Å². The van der Waals surface area contributed by atoms with Crippen molar-refractivity contribution in [2.45, 2.75) is 26.2 Å². The summed E-state index contributed by atoms with van der Waals surface area (Å²) in [5.74, 6) is -0.559. The zero-order valence-corrected chi connectivity index (χ0v) is 17.1. The molecule has 29 heavy (non-hydrogen) atoms. The van der Waals surface area contributed by atoms with Crippen LogP contribution in [0.4, 0.5) is 11.4 Å². The van der Waals surface area contributed by atoms with Crippen LogP contribution in [0.3, 0.4) is 0 Å².